The third kappa shape index (κ3) is 8.92. The lowest BCUT2D eigenvalue weighted by Gasteiger charge is -2.37. The second-order valence-electron chi connectivity index (χ2n) is 19.5. The van der Waals surface area contributed by atoms with Gasteiger partial charge in [-0.15, -0.1) is 10.2 Å². The maximum absolute atomic E-state index is 13.8. The summed E-state index contributed by atoms with van der Waals surface area (Å²) in [7, 11) is 0. The number of benzene rings is 4. The molecule has 10 rings (SSSR count). The number of likely N-dealkylation sites (tertiary alicyclic amines) is 1. The first kappa shape index (κ1) is 50.9. The van der Waals surface area contributed by atoms with Gasteiger partial charge >= 0.3 is 12.1 Å². The largest absolute Gasteiger partial charge is 0.508 e. The normalized spacial score (nSPS) is 16.0. The van der Waals surface area contributed by atoms with Crippen LogP contribution < -0.4 is 20.3 Å². The summed E-state index contributed by atoms with van der Waals surface area (Å²) >= 11 is 0. The van der Waals surface area contributed by atoms with Crippen LogP contribution in [0.25, 0.3) is 39.4 Å². The minimum absolute atomic E-state index is 0.00424. The summed E-state index contributed by atoms with van der Waals surface area (Å²) < 4.78 is 20.6. The molecule has 4 N–H and O–H groups in total. The monoisotopic (exact) mass is 1030 g/mol. The van der Waals surface area contributed by atoms with Gasteiger partial charge in [-0.05, 0) is 135 Å². The van der Waals surface area contributed by atoms with E-state index in [1.165, 1.54) is 10.6 Å². The SMILES string of the molecule is CCNC(=O)c1nnc(-c2cc(C(C)C)c(O)cc2O)n1-c1ccc(Oc2ccc(C(=O)N3CCC(N(CC)C(=O)Oc4ccc5nc6c(c(CC)c5c4)Cn4c-6cc5c(c4=O)COC(=O)[C@]5(O)CC)CC3)cc2)cc1. The Morgan fingerprint density at radius 2 is 1.57 bits per heavy atom. The Hall–Kier alpha value is -8.58. The molecular formula is C57H58N8O11. The van der Waals surface area contributed by atoms with Crippen LogP contribution in [0.15, 0.2) is 89.7 Å². The molecule has 0 unspecified atom stereocenters. The molecule has 3 aliphatic rings. The lowest BCUT2D eigenvalue weighted by molar-refractivity contribution is -0.172. The van der Waals surface area contributed by atoms with Crippen LogP contribution in [-0.4, -0.2) is 106 Å². The van der Waals surface area contributed by atoms with Crippen molar-refractivity contribution in [3.05, 3.63) is 134 Å². The molecule has 6 heterocycles. The van der Waals surface area contributed by atoms with Crippen LogP contribution in [0, 0.1) is 0 Å². The first-order valence-electron chi connectivity index (χ1n) is 25.7. The summed E-state index contributed by atoms with van der Waals surface area (Å²) in [5.41, 5.74) is 3.69. The summed E-state index contributed by atoms with van der Waals surface area (Å²) in [6, 6.07) is 23.5. The van der Waals surface area contributed by atoms with E-state index < -0.39 is 23.6 Å². The van der Waals surface area contributed by atoms with E-state index in [4.69, 9.17) is 19.2 Å². The first-order valence-corrected chi connectivity index (χ1v) is 25.7. The van der Waals surface area contributed by atoms with Crippen molar-refractivity contribution >= 4 is 34.8 Å². The van der Waals surface area contributed by atoms with E-state index in [1.54, 1.807) is 107 Å². The first-order chi connectivity index (χ1) is 36.6. The van der Waals surface area contributed by atoms with Gasteiger partial charge in [-0.3, -0.25) is 19.0 Å². The molecule has 0 saturated carbocycles. The highest BCUT2D eigenvalue weighted by Gasteiger charge is 2.45. The summed E-state index contributed by atoms with van der Waals surface area (Å²) in [5, 5.41) is 44.7. The standard InChI is InChI=1S/C57H58N8O11/c1-7-38-40-25-37(19-20-45(40)59-49-42(38)29-64-46(49)27-44-43(54(64)70)30-74-55(71)57(44,73)8-2)76-56(72)63(10-4)33-21-23-62(24-22-33)53(69)32-11-15-35(16-12-32)75-36-17-13-34(14-18-36)65-50(60-61-51(65)52(68)58-9-3)41-26-39(31(5)6)47(66)28-48(41)67/h11-20,25-28,31,33,66-67,73H,7-10,21-24,29-30H2,1-6H3,(H,58,68)/t57-/m0/s1. The van der Waals surface area contributed by atoms with E-state index in [1.807, 2.05) is 27.7 Å². The Balaban J connectivity index is 0.779. The molecule has 1 atom stereocenters. The van der Waals surface area contributed by atoms with E-state index in [0.717, 1.165) is 16.5 Å². The molecule has 0 spiro atoms. The molecule has 7 aromatic rings. The molecule has 1 saturated heterocycles. The smallest absolute Gasteiger partial charge is 0.415 e. The van der Waals surface area contributed by atoms with Crippen molar-refractivity contribution < 1.29 is 48.7 Å². The number of aryl methyl sites for hydroxylation is 1. The van der Waals surface area contributed by atoms with E-state index in [2.05, 4.69) is 15.5 Å². The van der Waals surface area contributed by atoms with Crippen LogP contribution in [0.2, 0.25) is 0 Å². The number of piperidine rings is 1. The molecule has 3 aromatic heterocycles. The summed E-state index contributed by atoms with van der Waals surface area (Å²) in [6.45, 7) is 12.8. The van der Waals surface area contributed by atoms with Crippen molar-refractivity contribution in [2.75, 3.05) is 26.2 Å². The fourth-order valence-corrected chi connectivity index (χ4v) is 10.7. The number of nitrogens with one attached hydrogen (secondary N) is 1. The molecule has 0 radical (unpaired) electrons. The third-order valence-electron chi connectivity index (χ3n) is 14.7. The van der Waals surface area contributed by atoms with Gasteiger partial charge in [-0.1, -0.05) is 27.7 Å². The number of rotatable bonds is 13. The van der Waals surface area contributed by atoms with Crippen molar-refractivity contribution in [2.45, 2.75) is 97.9 Å². The number of esters is 1. The average molecular weight is 1030 g/mol. The van der Waals surface area contributed by atoms with Crippen LogP contribution in [0.4, 0.5) is 4.79 Å². The van der Waals surface area contributed by atoms with E-state index >= 15 is 0 Å². The summed E-state index contributed by atoms with van der Waals surface area (Å²) in [6.07, 6.45) is 1.24. The molecule has 4 aromatic carbocycles. The number of aromatic nitrogens is 5. The van der Waals surface area contributed by atoms with Gasteiger partial charge in [0.15, 0.2) is 11.4 Å². The molecule has 0 bridgehead atoms. The molecule has 392 valence electrons. The van der Waals surface area contributed by atoms with E-state index in [0.29, 0.717) is 102 Å². The van der Waals surface area contributed by atoms with Crippen LogP contribution >= 0.6 is 0 Å². The zero-order chi connectivity index (χ0) is 53.7. The second kappa shape index (κ2) is 20.3. The Bertz CT molecular complexity index is 3530. The number of cyclic esters (lactones) is 1. The highest BCUT2D eigenvalue weighted by Crippen LogP contribution is 2.42. The fourth-order valence-electron chi connectivity index (χ4n) is 10.7. The van der Waals surface area contributed by atoms with Crippen molar-refractivity contribution in [2.24, 2.45) is 0 Å². The predicted molar refractivity (Wildman–Crippen MR) is 280 cm³/mol. The number of phenols is 2. The fraction of sp³-hybridized carbons (Fsp3) is 0.333. The van der Waals surface area contributed by atoms with E-state index in [9.17, 15) is 39.3 Å². The zero-order valence-corrected chi connectivity index (χ0v) is 43.0. The second-order valence-corrected chi connectivity index (χ2v) is 19.5. The van der Waals surface area contributed by atoms with Gasteiger partial charge in [0.25, 0.3) is 17.4 Å². The number of pyridine rings is 2. The van der Waals surface area contributed by atoms with Crippen molar-refractivity contribution in [1.82, 2.24) is 39.4 Å². The molecule has 3 amide bonds. The number of ether oxygens (including phenoxy) is 3. The lowest BCUT2D eigenvalue weighted by atomic mass is 9.86. The third-order valence-corrected chi connectivity index (χ3v) is 14.7. The number of hydrogen-bond acceptors (Lipinski definition) is 14. The van der Waals surface area contributed by atoms with Crippen LogP contribution in [-0.2, 0) is 34.7 Å². The van der Waals surface area contributed by atoms with Crippen LogP contribution in [0.1, 0.15) is 116 Å². The summed E-state index contributed by atoms with van der Waals surface area (Å²) in [5.74, 6) is -0.202. The van der Waals surface area contributed by atoms with Gasteiger partial charge in [0, 0.05) is 66.1 Å². The van der Waals surface area contributed by atoms with Gasteiger partial charge < -0.3 is 49.2 Å². The van der Waals surface area contributed by atoms with Gasteiger partial charge in [0.2, 0.25) is 5.82 Å². The molecule has 1 fully saturated rings. The van der Waals surface area contributed by atoms with Gasteiger partial charge in [-0.25, -0.2) is 14.6 Å². The van der Waals surface area contributed by atoms with Gasteiger partial charge in [0.1, 0.15) is 35.4 Å². The topological polar surface area (TPSA) is 241 Å². The highest BCUT2D eigenvalue weighted by atomic mass is 16.6. The molecule has 19 heteroatoms. The minimum Gasteiger partial charge on any atom is -0.508 e. The number of carbonyl (C=O) groups excluding carboxylic acids is 4. The number of phenolic OH excluding ortho intramolecular Hbond substituents is 2. The minimum atomic E-state index is -1.93. The summed E-state index contributed by atoms with van der Waals surface area (Å²) in [4.78, 5) is 75.6. The molecule has 0 aliphatic carbocycles. The number of amides is 3. The maximum Gasteiger partial charge on any atom is 0.415 e. The quantitative estimate of drug-likeness (QED) is 0.0799. The van der Waals surface area contributed by atoms with Crippen LogP contribution in [0.3, 0.4) is 0 Å². The Labute approximate surface area is 437 Å². The van der Waals surface area contributed by atoms with Crippen molar-refractivity contribution in [1.29, 1.82) is 0 Å². The molecule has 19 nitrogen and oxygen atoms in total. The Kier molecular flexibility index (Phi) is 13.6. The molecular weight excluding hydrogens is 973 g/mol. The number of fused-ring (bicyclic) bond motifs is 5. The zero-order valence-electron chi connectivity index (χ0n) is 43.0. The van der Waals surface area contributed by atoms with Crippen molar-refractivity contribution in [3.63, 3.8) is 0 Å². The van der Waals surface area contributed by atoms with Gasteiger partial charge in [0.05, 0.1) is 34.6 Å². The Morgan fingerprint density at radius 1 is 0.868 bits per heavy atom. The number of aliphatic hydroxyl groups is 1. The Morgan fingerprint density at radius 3 is 2.22 bits per heavy atom. The number of carbonyl (C=O) groups is 4. The lowest BCUT2D eigenvalue weighted by Crippen LogP contribution is -2.49. The van der Waals surface area contributed by atoms with Crippen molar-refractivity contribution in [3.8, 4) is 57.2 Å². The number of aromatic hydroxyl groups is 2. The predicted octanol–water partition coefficient (Wildman–Crippen LogP) is 8.09. The average Bonchev–Trinajstić information content (AvgIpc) is 4.03. The highest BCUT2D eigenvalue weighted by molar-refractivity contribution is 5.95. The van der Waals surface area contributed by atoms with Crippen LogP contribution in [0.5, 0.6) is 28.7 Å². The van der Waals surface area contributed by atoms with E-state index in [-0.39, 0.29) is 77.3 Å². The van der Waals surface area contributed by atoms with Gasteiger partial charge in [-0.2, -0.15) is 0 Å². The molecule has 76 heavy (non-hydrogen) atoms. The number of hydrogen-bond donors (Lipinski definition) is 4. The number of nitrogens with zero attached hydrogens (tertiary/aromatic N) is 7. The maximum atomic E-state index is 13.8. The molecule has 3 aliphatic heterocycles.